The van der Waals surface area contributed by atoms with Crippen molar-refractivity contribution in [3.05, 3.63) is 51.2 Å². The van der Waals surface area contributed by atoms with Crippen LogP contribution in [0.15, 0.2) is 39.9 Å². The van der Waals surface area contributed by atoms with Gasteiger partial charge in [-0.05, 0) is 42.4 Å². The van der Waals surface area contributed by atoms with Crippen molar-refractivity contribution >= 4 is 29.4 Å². The molecule has 1 heterocycles. The number of furan rings is 1. The second kappa shape index (κ2) is 7.05. The number of non-ortho nitro benzene ring substituents is 1. The smallest absolute Gasteiger partial charge is 0.270 e. The standard InChI is InChI=1S/C20H20ClN3O4/c1-20-9-3-2-4-15(20)18(20)19(25)23-22-11-13-6-8-17(28-13)14-10-12(24(26)27)5-7-16(14)21/h5-8,10-11,15,18H,2-4,9H2,1H3,(H,23,25)/b22-11+/t15-,18+,20-/m0/s1. The lowest BCUT2D eigenvalue weighted by molar-refractivity contribution is -0.384. The second-order valence-electron chi connectivity index (χ2n) is 7.69. The van der Waals surface area contributed by atoms with Crippen LogP contribution in [-0.4, -0.2) is 17.0 Å². The number of hydrogen-bond acceptors (Lipinski definition) is 5. The zero-order chi connectivity index (χ0) is 19.9. The van der Waals surface area contributed by atoms with Gasteiger partial charge in [0.2, 0.25) is 5.91 Å². The van der Waals surface area contributed by atoms with Crippen molar-refractivity contribution in [1.29, 1.82) is 0 Å². The fraction of sp³-hybridized carbons (Fsp3) is 0.400. The molecule has 8 heteroatoms. The fourth-order valence-corrected chi connectivity index (χ4v) is 4.67. The molecule has 4 rings (SSSR count). The molecule has 146 valence electrons. The van der Waals surface area contributed by atoms with Crippen molar-refractivity contribution < 1.29 is 14.1 Å². The number of nitrogens with zero attached hydrogens (tertiary/aromatic N) is 2. The summed E-state index contributed by atoms with van der Waals surface area (Å²) in [6, 6.07) is 7.48. The zero-order valence-electron chi connectivity index (χ0n) is 15.4. The first-order valence-electron chi connectivity index (χ1n) is 9.27. The normalized spacial score (nSPS) is 26.1. The summed E-state index contributed by atoms with van der Waals surface area (Å²) < 4.78 is 5.65. The Morgan fingerprint density at radius 2 is 2.21 bits per heavy atom. The van der Waals surface area contributed by atoms with E-state index in [1.807, 2.05) is 0 Å². The minimum absolute atomic E-state index is 0.0424. The molecule has 2 fully saturated rings. The molecule has 0 bridgehead atoms. The van der Waals surface area contributed by atoms with Crippen LogP contribution < -0.4 is 5.43 Å². The molecule has 0 unspecified atom stereocenters. The lowest BCUT2D eigenvalue weighted by Gasteiger charge is -2.15. The van der Waals surface area contributed by atoms with Crippen molar-refractivity contribution in [2.75, 3.05) is 0 Å². The molecular weight excluding hydrogens is 382 g/mol. The fourth-order valence-electron chi connectivity index (χ4n) is 4.46. The minimum Gasteiger partial charge on any atom is -0.455 e. The predicted octanol–water partition coefficient (Wildman–Crippen LogP) is 4.78. The maximum atomic E-state index is 12.4. The Bertz CT molecular complexity index is 970. The minimum atomic E-state index is -0.489. The molecule has 1 aromatic heterocycles. The molecule has 2 saturated carbocycles. The molecule has 2 aliphatic rings. The lowest BCUT2D eigenvalue weighted by Crippen LogP contribution is -2.22. The second-order valence-corrected chi connectivity index (χ2v) is 8.10. The van der Waals surface area contributed by atoms with Gasteiger partial charge in [-0.25, -0.2) is 5.43 Å². The number of nitro benzene ring substituents is 1. The molecule has 1 aromatic carbocycles. The number of amides is 1. The molecule has 0 saturated heterocycles. The van der Waals surface area contributed by atoms with Crippen LogP contribution in [0.25, 0.3) is 11.3 Å². The molecule has 2 aromatic rings. The Hall–Kier alpha value is -2.67. The number of hydrogen-bond donors (Lipinski definition) is 1. The van der Waals surface area contributed by atoms with Gasteiger partial charge < -0.3 is 4.42 Å². The third-order valence-electron chi connectivity index (χ3n) is 6.03. The number of carbonyl (C=O) groups is 1. The summed E-state index contributed by atoms with van der Waals surface area (Å²) in [4.78, 5) is 22.9. The summed E-state index contributed by atoms with van der Waals surface area (Å²) in [5.41, 5.74) is 3.10. The van der Waals surface area contributed by atoms with Crippen molar-refractivity contribution in [2.24, 2.45) is 22.4 Å². The summed E-state index contributed by atoms with van der Waals surface area (Å²) in [5, 5.41) is 15.3. The van der Waals surface area contributed by atoms with Gasteiger partial charge in [-0.2, -0.15) is 5.10 Å². The highest BCUT2D eigenvalue weighted by Crippen LogP contribution is 2.66. The maximum Gasteiger partial charge on any atom is 0.270 e. The van der Waals surface area contributed by atoms with Gasteiger partial charge >= 0.3 is 0 Å². The van der Waals surface area contributed by atoms with Crippen LogP contribution >= 0.6 is 11.6 Å². The van der Waals surface area contributed by atoms with Crippen LogP contribution in [0.3, 0.4) is 0 Å². The van der Waals surface area contributed by atoms with Gasteiger partial charge in [-0.15, -0.1) is 0 Å². The SMILES string of the molecule is C[C@]12CCCC[C@H]1[C@@H]2C(=O)N/N=C/c1ccc(-c2cc([N+](=O)[O-])ccc2Cl)o1. The van der Waals surface area contributed by atoms with Gasteiger partial charge in [-0.3, -0.25) is 14.9 Å². The first kappa shape index (κ1) is 18.7. The number of halogens is 1. The predicted molar refractivity (Wildman–Crippen MR) is 105 cm³/mol. The van der Waals surface area contributed by atoms with E-state index in [2.05, 4.69) is 17.5 Å². The maximum absolute atomic E-state index is 12.4. The Kier molecular flexibility index (Phi) is 4.71. The number of nitrogens with one attached hydrogen (secondary N) is 1. The van der Waals surface area contributed by atoms with E-state index < -0.39 is 4.92 Å². The number of nitro groups is 1. The Morgan fingerprint density at radius 3 is 2.93 bits per heavy atom. The number of rotatable bonds is 5. The van der Waals surface area contributed by atoms with Gasteiger partial charge in [0.05, 0.1) is 16.2 Å². The van der Waals surface area contributed by atoms with Crippen LogP contribution in [0.1, 0.15) is 38.4 Å². The van der Waals surface area contributed by atoms with Gasteiger partial charge in [0, 0.05) is 23.6 Å². The Morgan fingerprint density at radius 1 is 1.39 bits per heavy atom. The van der Waals surface area contributed by atoms with Crippen LogP contribution in [0, 0.1) is 27.4 Å². The molecule has 28 heavy (non-hydrogen) atoms. The number of hydrazone groups is 1. The first-order chi connectivity index (χ1) is 13.4. The number of fused-ring (bicyclic) bond motifs is 1. The average Bonchev–Trinajstić information content (AvgIpc) is 3.03. The molecule has 3 atom stereocenters. The Balaban J connectivity index is 1.42. The van der Waals surface area contributed by atoms with Crippen molar-refractivity contribution in [3.8, 4) is 11.3 Å². The highest BCUT2D eigenvalue weighted by molar-refractivity contribution is 6.33. The topological polar surface area (TPSA) is 97.7 Å². The number of benzene rings is 1. The van der Waals surface area contributed by atoms with E-state index in [0.29, 0.717) is 28.0 Å². The summed E-state index contributed by atoms with van der Waals surface area (Å²) in [6.45, 7) is 2.19. The van der Waals surface area contributed by atoms with Crippen LogP contribution in [0.5, 0.6) is 0 Å². The van der Waals surface area contributed by atoms with E-state index in [1.165, 1.54) is 37.3 Å². The Labute approximate surface area is 166 Å². The van der Waals surface area contributed by atoms with Gasteiger partial charge in [-0.1, -0.05) is 31.4 Å². The molecule has 0 spiro atoms. The van der Waals surface area contributed by atoms with E-state index in [-0.39, 0.29) is 22.9 Å². The molecule has 1 N–H and O–H groups in total. The quantitative estimate of drug-likeness (QED) is 0.442. The summed E-state index contributed by atoms with van der Waals surface area (Å²) in [7, 11) is 0. The summed E-state index contributed by atoms with van der Waals surface area (Å²) >= 11 is 6.13. The molecule has 0 aliphatic heterocycles. The van der Waals surface area contributed by atoms with Crippen LogP contribution in [0.2, 0.25) is 5.02 Å². The van der Waals surface area contributed by atoms with E-state index in [0.717, 1.165) is 12.8 Å². The zero-order valence-corrected chi connectivity index (χ0v) is 16.1. The highest BCUT2D eigenvalue weighted by Gasteiger charge is 2.64. The largest absolute Gasteiger partial charge is 0.455 e. The van der Waals surface area contributed by atoms with Crippen molar-refractivity contribution in [3.63, 3.8) is 0 Å². The third kappa shape index (κ3) is 3.30. The lowest BCUT2D eigenvalue weighted by atomic mass is 9.90. The highest BCUT2D eigenvalue weighted by atomic mass is 35.5. The third-order valence-corrected chi connectivity index (χ3v) is 6.36. The van der Waals surface area contributed by atoms with Gasteiger partial charge in [0.15, 0.2) is 0 Å². The monoisotopic (exact) mass is 401 g/mol. The van der Waals surface area contributed by atoms with Crippen molar-refractivity contribution in [2.45, 2.75) is 32.6 Å². The molecule has 0 radical (unpaired) electrons. The van der Waals surface area contributed by atoms with Crippen LogP contribution in [0.4, 0.5) is 5.69 Å². The summed E-state index contributed by atoms with van der Waals surface area (Å²) in [6.07, 6.45) is 6.02. The van der Waals surface area contributed by atoms with E-state index in [9.17, 15) is 14.9 Å². The molecule has 7 nitrogen and oxygen atoms in total. The van der Waals surface area contributed by atoms with E-state index in [4.69, 9.17) is 16.0 Å². The van der Waals surface area contributed by atoms with E-state index in [1.54, 1.807) is 12.1 Å². The number of carbonyl (C=O) groups excluding carboxylic acids is 1. The molecule has 1 amide bonds. The first-order valence-corrected chi connectivity index (χ1v) is 9.65. The molecule has 2 aliphatic carbocycles. The van der Waals surface area contributed by atoms with Crippen molar-refractivity contribution in [1.82, 2.24) is 5.43 Å². The van der Waals surface area contributed by atoms with Crippen LogP contribution in [-0.2, 0) is 4.79 Å². The van der Waals surface area contributed by atoms with Gasteiger partial charge in [0.1, 0.15) is 11.5 Å². The molecular formula is C20H20ClN3O4. The summed E-state index contributed by atoms with van der Waals surface area (Å²) in [5.74, 6) is 1.28. The van der Waals surface area contributed by atoms with E-state index >= 15 is 0 Å². The average molecular weight is 402 g/mol. The van der Waals surface area contributed by atoms with Gasteiger partial charge in [0.25, 0.3) is 5.69 Å².